The maximum atomic E-state index is 12.9. The van der Waals surface area contributed by atoms with E-state index in [1.165, 1.54) is 24.3 Å². The number of ketones is 1. The van der Waals surface area contributed by atoms with Gasteiger partial charge in [0.15, 0.2) is 5.78 Å². The van der Waals surface area contributed by atoms with Gasteiger partial charge >= 0.3 is 0 Å². The molecule has 0 atom stereocenters. The molecular formula is C18H12N2O5S. The summed E-state index contributed by atoms with van der Waals surface area (Å²) in [5, 5.41) is 2.64. The minimum Gasteiger partial charge on any atom is -0.398 e. The molecule has 0 aromatic heterocycles. The molecule has 0 fully saturated rings. The summed E-state index contributed by atoms with van der Waals surface area (Å²) in [6.45, 7) is 0. The molecule has 2 aliphatic rings. The Balaban J connectivity index is 1.93. The lowest BCUT2D eigenvalue weighted by Crippen LogP contribution is -2.22. The van der Waals surface area contributed by atoms with Crippen LogP contribution in [0.1, 0.15) is 21.5 Å². The van der Waals surface area contributed by atoms with Crippen LogP contribution in [-0.2, 0) is 14.9 Å². The Labute approximate surface area is 148 Å². The molecule has 0 saturated heterocycles. The molecule has 1 heterocycles. The van der Waals surface area contributed by atoms with E-state index in [1.807, 2.05) is 0 Å². The van der Waals surface area contributed by atoms with E-state index in [-0.39, 0.29) is 33.2 Å². The topological polar surface area (TPSA) is 127 Å². The maximum Gasteiger partial charge on any atom is 0.294 e. The molecule has 1 aliphatic carbocycles. The highest BCUT2D eigenvalue weighted by molar-refractivity contribution is 7.85. The first-order chi connectivity index (χ1) is 12.3. The van der Waals surface area contributed by atoms with Crippen molar-refractivity contribution >= 4 is 33.2 Å². The molecule has 26 heavy (non-hydrogen) atoms. The zero-order valence-corrected chi connectivity index (χ0v) is 14.0. The van der Waals surface area contributed by atoms with Gasteiger partial charge in [-0.1, -0.05) is 36.4 Å². The fraction of sp³-hybridized carbons (Fsp3) is 0. The summed E-state index contributed by atoms with van der Waals surface area (Å²) in [7, 11) is -4.34. The standard InChI is InChI=1S/C18H12N2O5S/c19-15-11-3-1-2-4-12(11)17(21)14-13(15)18(22)20-16(14)9-5-7-10(8-6-9)26(23,24)25/h1-8H,19H2,(H,20,22)(H,23,24,25). The third kappa shape index (κ3) is 2.27. The van der Waals surface area contributed by atoms with Gasteiger partial charge in [0.2, 0.25) is 0 Å². The van der Waals surface area contributed by atoms with Crippen molar-refractivity contribution in [3.8, 4) is 0 Å². The summed E-state index contributed by atoms with van der Waals surface area (Å²) in [6, 6.07) is 11.9. The van der Waals surface area contributed by atoms with Crippen LogP contribution in [0, 0.1) is 0 Å². The summed E-state index contributed by atoms with van der Waals surface area (Å²) in [5.41, 5.74) is 8.21. The number of rotatable bonds is 2. The van der Waals surface area contributed by atoms with Crippen LogP contribution in [0.4, 0.5) is 0 Å². The number of nitrogens with one attached hydrogen (secondary N) is 1. The van der Waals surface area contributed by atoms with Gasteiger partial charge in [-0.3, -0.25) is 14.1 Å². The Kier molecular flexibility index (Phi) is 3.36. The fourth-order valence-corrected chi connectivity index (χ4v) is 3.64. The van der Waals surface area contributed by atoms with E-state index >= 15 is 0 Å². The van der Waals surface area contributed by atoms with Gasteiger partial charge in [0.1, 0.15) is 0 Å². The Morgan fingerprint density at radius 1 is 0.885 bits per heavy atom. The van der Waals surface area contributed by atoms with E-state index in [2.05, 4.69) is 5.32 Å². The zero-order chi connectivity index (χ0) is 18.6. The van der Waals surface area contributed by atoms with Gasteiger partial charge in [0.05, 0.1) is 27.4 Å². The Morgan fingerprint density at radius 3 is 2.12 bits per heavy atom. The number of amides is 1. The van der Waals surface area contributed by atoms with Gasteiger partial charge in [-0.15, -0.1) is 0 Å². The molecule has 2 aromatic carbocycles. The molecule has 0 unspecified atom stereocenters. The van der Waals surface area contributed by atoms with Crippen molar-refractivity contribution in [1.29, 1.82) is 0 Å². The first-order valence-electron chi connectivity index (χ1n) is 7.57. The molecule has 0 radical (unpaired) electrons. The second kappa shape index (κ2) is 5.38. The lowest BCUT2D eigenvalue weighted by molar-refractivity contribution is -0.115. The summed E-state index contributed by atoms with van der Waals surface area (Å²) < 4.78 is 31.4. The second-order valence-electron chi connectivity index (χ2n) is 5.87. The van der Waals surface area contributed by atoms with Crippen molar-refractivity contribution < 1.29 is 22.6 Å². The van der Waals surface area contributed by atoms with Crippen molar-refractivity contribution in [2.75, 3.05) is 0 Å². The van der Waals surface area contributed by atoms with E-state index < -0.39 is 16.0 Å². The third-order valence-corrected chi connectivity index (χ3v) is 5.23. The molecule has 1 amide bonds. The quantitative estimate of drug-likeness (QED) is 0.687. The predicted molar refractivity (Wildman–Crippen MR) is 93.2 cm³/mol. The van der Waals surface area contributed by atoms with Crippen LogP contribution in [-0.4, -0.2) is 24.7 Å². The number of hydrogen-bond acceptors (Lipinski definition) is 5. The molecule has 130 valence electrons. The maximum absolute atomic E-state index is 12.9. The Morgan fingerprint density at radius 2 is 1.50 bits per heavy atom. The van der Waals surface area contributed by atoms with Crippen LogP contribution >= 0.6 is 0 Å². The molecule has 7 nitrogen and oxygen atoms in total. The van der Waals surface area contributed by atoms with Gasteiger partial charge in [-0.2, -0.15) is 8.42 Å². The molecule has 2 aromatic rings. The van der Waals surface area contributed by atoms with Crippen molar-refractivity contribution in [3.63, 3.8) is 0 Å². The van der Waals surface area contributed by atoms with Gasteiger partial charge in [-0.05, 0) is 17.7 Å². The number of carbonyl (C=O) groups excluding carboxylic acids is 2. The highest BCUT2D eigenvalue weighted by atomic mass is 32.2. The number of carbonyl (C=O) groups is 2. The average Bonchev–Trinajstić information content (AvgIpc) is 2.97. The molecular weight excluding hydrogens is 356 g/mol. The summed E-state index contributed by atoms with van der Waals surface area (Å²) in [6.07, 6.45) is 0. The lowest BCUT2D eigenvalue weighted by atomic mass is 9.84. The smallest absolute Gasteiger partial charge is 0.294 e. The Bertz CT molecular complexity index is 1160. The van der Waals surface area contributed by atoms with Crippen molar-refractivity contribution in [1.82, 2.24) is 5.32 Å². The molecule has 0 bridgehead atoms. The van der Waals surface area contributed by atoms with E-state index in [9.17, 15) is 18.0 Å². The minimum atomic E-state index is -4.34. The lowest BCUT2D eigenvalue weighted by Gasteiger charge is -2.18. The molecule has 4 rings (SSSR count). The highest BCUT2D eigenvalue weighted by Crippen LogP contribution is 2.39. The SMILES string of the molecule is NC1=C2C(=O)NC(c3ccc(S(=O)(=O)O)cc3)=C2C(=O)c2ccccc21. The first-order valence-corrected chi connectivity index (χ1v) is 9.01. The van der Waals surface area contributed by atoms with Crippen LogP contribution in [0.25, 0.3) is 11.4 Å². The van der Waals surface area contributed by atoms with Crippen LogP contribution in [0.15, 0.2) is 64.6 Å². The third-order valence-electron chi connectivity index (χ3n) is 4.36. The fourth-order valence-electron chi connectivity index (χ4n) is 3.16. The van der Waals surface area contributed by atoms with Crippen LogP contribution in [0.3, 0.4) is 0 Å². The molecule has 4 N–H and O–H groups in total. The van der Waals surface area contributed by atoms with Gasteiger partial charge in [-0.25, -0.2) is 0 Å². The summed E-state index contributed by atoms with van der Waals surface area (Å²) in [5.74, 6) is -0.828. The van der Waals surface area contributed by atoms with Crippen LogP contribution in [0.5, 0.6) is 0 Å². The zero-order valence-electron chi connectivity index (χ0n) is 13.2. The summed E-state index contributed by atoms with van der Waals surface area (Å²) in [4.78, 5) is 25.0. The van der Waals surface area contributed by atoms with Crippen LogP contribution in [0.2, 0.25) is 0 Å². The van der Waals surface area contributed by atoms with Crippen molar-refractivity contribution in [3.05, 3.63) is 76.4 Å². The molecule has 1 aliphatic heterocycles. The highest BCUT2D eigenvalue weighted by Gasteiger charge is 2.39. The van der Waals surface area contributed by atoms with Gasteiger partial charge < -0.3 is 11.1 Å². The van der Waals surface area contributed by atoms with Gasteiger partial charge in [0, 0.05) is 11.1 Å². The number of hydrogen-bond donors (Lipinski definition) is 3. The van der Waals surface area contributed by atoms with E-state index in [0.29, 0.717) is 16.7 Å². The number of Topliss-reactive ketones (excluding diaryl/α,β-unsaturated/α-hetero) is 1. The molecule has 0 saturated carbocycles. The second-order valence-corrected chi connectivity index (χ2v) is 7.29. The first kappa shape index (κ1) is 16.2. The normalized spacial score (nSPS) is 16.5. The largest absolute Gasteiger partial charge is 0.398 e. The monoisotopic (exact) mass is 368 g/mol. The van der Waals surface area contributed by atoms with E-state index in [0.717, 1.165) is 0 Å². The van der Waals surface area contributed by atoms with Crippen LogP contribution < -0.4 is 11.1 Å². The van der Waals surface area contributed by atoms with E-state index in [4.69, 9.17) is 10.3 Å². The Hall–Kier alpha value is -3.23. The number of fused-ring (bicyclic) bond motifs is 2. The van der Waals surface area contributed by atoms with Crippen molar-refractivity contribution in [2.24, 2.45) is 5.73 Å². The number of nitrogens with two attached hydrogens (primary N) is 1. The molecule has 8 heteroatoms. The molecule has 0 spiro atoms. The summed E-state index contributed by atoms with van der Waals surface area (Å²) >= 11 is 0. The minimum absolute atomic E-state index is 0.113. The van der Waals surface area contributed by atoms with Crippen molar-refractivity contribution in [2.45, 2.75) is 4.90 Å². The predicted octanol–water partition coefficient (Wildman–Crippen LogP) is 1.34. The van der Waals surface area contributed by atoms with E-state index in [1.54, 1.807) is 24.3 Å². The van der Waals surface area contributed by atoms with Gasteiger partial charge in [0.25, 0.3) is 16.0 Å². The number of benzene rings is 2. The average molecular weight is 368 g/mol.